The first-order chi connectivity index (χ1) is 13.4. The molecule has 0 saturated carbocycles. The molecule has 1 amide bonds. The molecule has 0 aliphatic heterocycles. The zero-order chi connectivity index (χ0) is 20.3. The second-order valence-corrected chi connectivity index (χ2v) is 7.25. The van der Waals surface area contributed by atoms with E-state index in [1.807, 2.05) is 13.8 Å². The molecule has 8 heteroatoms. The first-order valence-electron chi connectivity index (χ1n) is 8.79. The summed E-state index contributed by atoms with van der Waals surface area (Å²) in [6.07, 6.45) is 0.716. The second-order valence-electron chi connectivity index (χ2n) is 6.30. The van der Waals surface area contributed by atoms with E-state index in [9.17, 15) is 18.4 Å². The third-order valence-electron chi connectivity index (χ3n) is 4.34. The second kappa shape index (κ2) is 8.52. The van der Waals surface area contributed by atoms with Crippen LogP contribution in [-0.4, -0.2) is 21.2 Å². The summed E-state index contributed by atoms with van der Waals surface area (Å²) in [5, 5.41) is 3.27. The maximum atomic E-state index is 13.7. The molecule has 0 radical (unpaired) electrons. The van der Waals surface area contributed by atoms with E-state index >= 15 is 0 Å². The Morgan fingerprint density at radius 2 is 2.00 bits per heavy atom. The van der Waals surface area contributed by atoms with Crippen molar-refractivity contribution in [3.63, 3.8) is 0 Å². The highest BCUT2D eigenvalue weighted by molar-refractivity contribution is 7.99. The number of benzene rings is 2. The Labute approximate surface area is 164 Å². The number of aromatic nitrogens is 2. The van der Waals surface area contributed by atoms with Gasteiger partial charge in [0.25, 0.3) is 5.56 Å². The number of hydrogen-bond acceptors (Lipinski definition) is 4. The van der Waals surface area contributed by atoms with Gasteiger partial charge in [0.1, 0.15) is 11.6 Å². The number of rotatable bonds is 6. The lowest BCUT2D eigenvalue weighted by Gasteiger charge is -2.18. The maximum Gasteiger partial charge on any atom is 0.262 e. The summed E-state index contributed by atoms with van der Waals surface area (Å²) in [6, 6.07) is 9.77. The summed E-state index contributed by atoms with van der Waals surface area (Å²) in [5.41, 5.74) is 0.154. The van der Waals surface area contributed by atoms with Gasteiger partial charge in [0.15, 0.2) is 5.16 Å². The van der Waals surface area contributed by atoms with E-state index in [-0.39, 0.29) is 23.0 Å². The minimum Gasteiger partial charge on any atom is -0.323 e. The topological polar surface area (TPSA) is 64.0 Å². The molecule has 3 aromatic rings. The van der Waals surface area contributed by atoms with E-state index in [1.165, 1.54) is 0 Å². The van der Waals surface area contributed by atoms with E-state index in [2.05, 4.69) is 10.3 Å². The van der Waals surface area contributed by atoms with Gasteiger partial charge in [-0.05, 0) is 37.6 Å². The summed E-state index contributed by atoms with van der Waals surface area (Å²) in [6.45, 7) is 3.87. The van der Waals surface area contributed by atoms with Crippen LogP contribution in [0.5, 0.6) is 0 Å². The number of nitrogens with zero attached hydrogens (tertiary/aromatic N) is 2. The first kappa shape index (κ1) is 20.0. The van der Waals surface area contributed by atoms with Crippen molar-refractivity contribution in [2.24, 2.45) is 0 Å². The molecule has 1 aromatic heterocycles. The van der Waals surface area contributed by atoms with Crippen molar-refractivity contribution >= 4 is 34.3 Å². The Bertz CT molecular complexity index is 1080. The van der Waals surface area contributed by atoms with Crippen molar-refractivity contribution in [1.29, 1.82) is 0 Å². The highest BCUT2D eigenvalue weighted by atomic mass is 32.2. The molecule has 28 heavy (non-hydrogen) atoms. The molecule has 1 heterocycles. The summed E-state index contributed by atoms with van der Waals surface area (Å²) in [5.74, 6) is -1.99. The molecule has 1 N–H and O–H groups in total. The highest BCUT2D eigenvalue weighted by Crippen LogP contribution is 2.23. The van der Waals surface area contributed by atoms with Gasteiger partial charge in [-0.25, -0.2) is 13.8 Å². The molecule has 5 nitrogen and oxygen atoms in total. The van der Waals surface area contributed by atoms with Crippen LogP contribution < -0.4 is 10.9 Å². The van der Waals surface area contributed by atoms with Gasteiger partial charge in [0.05, 0.1) is 22.3 Å². The number of fused-ring (bicyclic) bond motifs is 1. The average Bonchev–Trinajstić information content (AvgIpc) is 2.69. The van der Waals surface area contributed by atoms with Gasteiger partial charge in [-0.2, -0.15) is 0 Å². The van der Waals surface area contributed by atoms with E-state index in [0.29, 0.717) is 22.5 Å². The zero-order valence-corrected chi connectivity index (χ0v) is 16.2. The lowest BCUT2D eigenvalue weighted by Crippen LogP contribution is -2.26. The molecule has 1 atom stereocenters. The van der Waals surface area contributed by atoms with Crippen molar-refractivity contribution in [2.45, 2.75) is 31.5 Å². The van der Waals surface area contributed by atoms with Gasteiger partial charge >= 0.3 is 0 Å². The molecule has 0 aliphatic carbocycles. The number of carbonyl (C=O) groups is 1. The number of amides is 1. The molecule has 3 rings (SSSR count). The molecule has 0 spiro atoms. The fourth-order valence-corrected chi connectivity index (χ4v) is 3.61. The Morgan fingerprint density at radius 1 is 1.25 bits per heavy atom. The molecule has 0 fully saturated rings. The molecule has 1 unspecified atom stereocenters. The molecule has 0 saturated heterocycles. The molecule has 0 aliphatic rings. The van der Waals surface area contributed by atoms with Gasteiger partial charge < -0.3 is 5.32 Å². The van der Waals surface area contributed by atoms with E-state index in [1.54, 1.807) is 28.8 Å². The number of anilines is 1. The predicted octanol–water partition coefficient (Wildman–Crippen LogP) is 4.38. The highest BCUT2D eigenvalue weighted by Gasteiger charge is 2.17. The number of hydrogen-bond donors (Lipinski definition) is 1. The Hall–Kier alpha value is -2.74. The number of halogens is 2. The normalized spacial score (nSPS) is 12.1. The molecule has 146 valence electrons. The lowest BCUT2D eigenvalue weighted by atomic mass is 10.2. The van der Waals surface area contributed by atoms with E-state index < -0.39 is 17.5 Å². The minimum absolute atomic E-state index is 0.100. The summed E-state index contributed by atoms with van der Waals surface area (Å²) < 4.78 is 28.5. The van der Waals surface area contributed by atoms with Crippen molar-refractivity contribution in [2.75, 3.05) is 11.1 Å². The molecule has 0 bridgehead atoms. The van der Waals surface area contributed by atoms with Crippen LogP contribution in [0.1, 0.15) is 26.3 Å². The monoisotopic (exact) mass is 403 g/mol. The summed E-state index contributed by atoms with van der Waals surface area (Å²) in [4.78, 5) is 29.6. The largest absolute Gasteiger partial charge is 0.323 e. The van der Waals surface area contributed by atoms with Crippen LogP contribution in [0.25, 0.3) is 10.9 Å². The predicted molar refractivity (Wildman–Crippen MR) is 107 cm³/mol. The quantitative estimate of drug-likeness (QED) is 0.490. The van der Waals surface area contributed by atoms with Gasteiger partial charge in [-0.15, -0.1) is 0 Å². The Morgan fingerprint density at radius 3 is 2.75 bits per heavy atom. The molecule has 2 aromatic carbocycles. The molecular formula is C20H19F2N3O2S. The fourth-order valence-electron chi connectivity index (χ4n) is 2.71. The van der Waals surface area contributed by atoms with Gasteiger partial charge in [0.2, 0.25) is 5.91 Å². The van der Waals surface area contributed by atoms with Crippen molar-refractivity contribution in [1.82, 2.24) is 9.55 Å². The lowest BCUT2D eigenvalue weighted by molar-refractivity contribution is -0.113. The van der Waals surface area contributed by atoms with Gasteiger partial charge in [-0.3, -0.25) is 14.2 Å². The zero-order valence-electron chi connectivity index (χ0n) is 15.4. The fraction of sp³-hybridized carbons (Fsp3) is 0.250. The maximum absolute atomic E-state index is 13.7. The number of nitrogens with one attached hydrogen (secondary N) is 1. The van der Waals surface area contributed by atoms with E-state index in [4.69, 9.17) is 0 Å². The first-order valence-corrected chi connectivity index (χ1v) is 9.78. The van der Waals surface area contributed by atoms with Crippen molar-refractivity contribution in [3.05, 3.63) is 64.5 Å². The van der Waals surface area contributed by atoms with Crippen molar-refractivity contribution in [3.8, 4) is 0 Å². The smallest absolute Gasteiger partial charge is 0.262 e. The third kappa shape index (κ3) is 4.22. The van der Waals surface area contributed by atoms with Crippen LogP contribution in [-0.2, 0) is 4.79 Å². The number of carbonyl (C=O) groups excluding carboxylic acids is 1. The summed E-state index contributed by atoms with van der Waals surface area (Å²) in [7, 11) is 0. The number of para-hydroxylation sites is 1. The van der Waals surface area contributed by atoms with Crippen LogP contribution in [0.4, 0.5) is 14.5 Å². The summed E-state index contributed by atoms with van der Waals surface area (Å²) >= 11 is 1.08. The van der Waals surface area contributed by atoms with Crippen LogP contribution in [0.15, 0.2) is 52.4 Å². The minimum atomic E-state index is -0.722. The van der Waals surface area contributed by atoms with Crippen LogP contribution in [0.3, 0.4) is 0 Å². The SMILES string of the molecule is CCC(C)n1c(SCC(=O)Nc2cc(F)ccc2F)nc2ccccc2c1=O. The number of thioether (sulfide) groups is 1. The Balaban J connectivity index is 1.86. The van der Waals surface area contributed by atoms with Crippen molar-refractivity contribution < 1.29 is 13.6 Å². The standard InChI is InChI=1S/C20H19F2N3O2S/c1-3-12(2)25-19(27)14-6-4-5-7-16(14)24-20(25)28-11-18(26)23-17-10-13(21)8-9-15(17)22/h4-10,12H,3,11H2,1-2H3,(H,23,26). The Kier molecular flexibility index (Phi) is 6.08. The van der Waals surface area contributed by atoms with Crippen LogP contribution in [0, 0.1) is 11.6 Å². The van der Waals surface area contributed by atoms with Gasteiger partial charge in [-0.1, -0.05) is 30.8 Å². The van der Waals surface area contributed by atoms with Crippen LogP contribution >= 0.6 is 11.8 Å². The third-order valence-corrected chi connectivity index (χ3v) is 5.29. The van der Waals surface area contributed by atoms with E-state index in [0.717, 1.165) is 30.0 Å². The molecular weight excluding hydrogens is 384 g/mol. The van der Waals surface area contributed by atoms with Crippen LogP contribution in [0.2, 0.25) is 0 Å². The average molecular weight is 403 g/mol. The van der Waals surface area contributed by atoms with Gasteiger partial charge in [0, 0.05) is 12.1 Å².